The number of hydrogen-bond acceptors (Lipinski definition) is 8. The van der Waals surface area contributed by atoms with Crippen LogP contribution in [-0.2, 0) is 9.52 Å². The van der Waals surface area contributed by atoms with Gasteiger partial charge >= 0.3 is 0 Å². The highest BCUT2D eigenvalue weighted by atomic mass is 32.2. The minimum absolute atomic E-state index is 0.0916. The van der Waals surface area contributed by atoms with Gasteiger partial charge in [0.1, 0.15) is 23.3 Å². The number of pyridine rings is 2. The Balaban J connectivity index is 1.30. The van der Waals surface area contributed by atoms with E-state index in [0.29, 0.717) is 21.9 Å². The van der Waals surface area contributed by atoms with E-state index in [0.717, 1.165) is 37.4 Å². The molecule has 1 aliphatic rings. The first-order chi connectivity index (χ1) is 21.2. The molecule has 6 rings (SSSR count). The maximum atomic E-state index is 15.6. The SMILES string of the molecule is C=S(=O)(c1ccncc1)c1ccc(-c2cc3cnc(Nc4ccc(OC5CCNCC5)cc4)nc3n(C(C)C)c2=O)c(F)c1. The van der Waals surface area contributed by atoms with E-state index in [4.69, 9.17) is 4.74 Å². The van der Waals surface area contributed by atoms with Crippen molar-refractivity contribution in [3.05, 3.63) is 95.4 Å². The molecule has 2 N–H and O–H groups in total. The van der Waals surface area contributed by atoms with E-state index >= 15 is 4.39 Å². The molecule has 5 aromatic rings. The maximum absolute atomic E-state index is 15.6. The predicted octanol–water partition coefficient (Wildman–Crippen LogP) is 5.58. The van der Waals surface area contributed by atoms with Crippen molar-refractivity contribution >= 4 is 38.1 Å². The van der Waals surface area contributed by atoms with Crippen molar-refractivity contribution in [2.45, 2.75) is 48.6 Å². The molecular formula is C33H33FN6O3S. The molecule has 0 radical (unpaired) electrons. The van der Waals surface area contributed by atoms with E-state index in [2.05, 4.69) is 31.5 Å². The minimum atomic E-state index is -2.97. The first-order valence-electron chi connectivity index (χ1n) is 14.4. The minimum Gasteiger partial charge on any atom is -0.490 e. The number of piperidine rings is 1. The second-order valence-electron chi connectivity index (χ2n) is 11.0. The smallest absolute Gasteiger partial charge is 0.260 e. The third kappa shape index (κ3) is 5.93. The number of aromatic nitrogens is 4. The van der Waals surface area contributed by atoms with Gasteiger partial charge in [0, 0.05) is 60.6 Å². The summed E-state index contributed by atoms with van der Waals surface area (Å²) in [5, 5.41) is 7.11. The standard InChI is InChI=1S/C33H33FN6O3S/c1-21(2)40-31-22(20-37-33(39-31)38-23-4-6-24(7-5-23)43-25-10-14-35-15-11-25)18-29(32(40)41)28-9-8-27(19-30(28)34)44(3,42)26-12-16-36-17-13-26/h4-9,12-13,16-21,25,35H,3,10-11,14-15H2,1-2H3,(H,37,38,39). The van der Waals surface area contributed by atoms with Crippen LogP contribution in [0.4, 0.5) is 16.0 Å². The molecule has 0 bridgehead atoms. The lowest BCUT2D eigenvalue weighted by atomic mass is 10.1. The number of ether oxygens (including phenoxy) is 1. The van der Waals surface area contributed by atoms with Gasteiger partial charge in [-0.15, -0.1) is 0 Å². The van der Waals surface area contributed by atoms with Gasteiger partial charge < -0.3 is 15.4 Å². The van der Waals surface area contributed by atoms with Crippen LogP contribution in [0.5, 0.6) is 5.75 Å². The topological polar surface area (TPSA) is 111 Å². The van der Waals surface area contributed by atoms with Gasteiger partial charge in [0.15, 0.2) is 0 Å². The predicted molar refractivity (Wildman–Crippen MR) is 172 cm³/mol. The Hall–Kier alpha value is -4.61. The molecule has 3 aromatic heterocycles. The molecule has 44 heavy (non-hydrogen) atoms. The van der Waals surface area contributed by atoms with E-state index in [1.807, 2.05) is 38.1 Å². The van der Waals surface area contributed by atoms with E-state index < -0.39 is 20.9 Å². The van der Waals surface area contributed by atoms with Crippen LogP contribution >= 0.6 is 0 Å². The Bertz CT molecular complexity index is 1970. The molecule has 1 saturated heterocycles. The van der Waals surface area contributed by atoms with Gasteiger partial charge in [-0.25, -0.2) is 9.37 Å². The summed E-state index contributed by atoms with van der Waals surface area (Å²) in [5.74, 6) is 4.30. The molecular weight excluding hydrogens is 579 g/mol. The van der Waals surface area contributed by atoms with Gasteiger partial charge in [-0.3, -0.25) is 18.6 Å². The summed E-state index contributed by atoms with van der Waals surface area (Å²) < 4.78 is 36.6. The summed E-state index contributed by atoms with van der Waals surface area (Å²) in [7, 11) is -2.97. The highest BCUT2D eigenvalue weighted by Crippen LogP contribution is 2.29. The highest BCUT2D eigenvalue weighted by Gasteiger charge is 2.20. The average molecular weight is 613 g/mol. The fraction of sp³-hybridized carbons (Fsp3) is 0.242. The van der Waals surface area contributed by atoms with Crippen LogP contribution in [0.25, 0.3) is 22.2 Å². The van der Waals surface area contributed by atoms with Gasteiger partial charge in [0.2, 0.25) is 5.95 Å². The van der Waals surface area contributed by atoms with Crippen molar-refractivity contribution in [1.29, 1.82) is 0 Å². The van der Waals surface area contributed by atoms with Crippen molar-refractivity contribution in [3.8, 4) is 16.9 Å². The first-order valence-corrected chi connectivity index (χ1v) is 16.2. The first kappa shape index (κ1) is 29.5. The van der Waals surface area contributed by atoms with Crippen molar-refractivity contribution in [3.63, 3.8) is 0 Å². The summed E-state index contributed by atoms with van der Waals surface area (Å²) in [6, 6.07) is 16.3. The summed E-state index contributed by atoms with van der Waals surface area (Å²) in [5.41, 5.74) is 1.05. The third-order valence-corrected chi connectivity index (χ3v) is 9.68. The number of hydrogen-bond donors (Lipinski definition) is 2. The van der Waals surface area contributed by atoms with Crippen molar-refractivity contribution in [2.24, 2.45) is 0 Å². The molecule has 9 nitrogen and oxygen atoms in total. The summed E-state index contributed by atoms with van der Waals surface area (Å²) >= 11 is 0. The zero-order chi connectivity index (χ0) is 30.8. The summed E-state index contributed by atoms with van der Waals surface area (Å²) in [6.45, 7) is 5.65. The Labute approximate surface area is 255 Å². The van der Waals surface area contributed by atoms with Crippen LogP contribution in [0, 0.1) is 5.82 Å². The molecule has 1 fully saturated rings. The molecule has 2 aromatic carbocycles. The van der Waals surface area contributed by atoms with Crippen molar-refractivity contribution in [1.82, 2.24) is 24.8 Å². The van der Waals surface area contributed by atoms with Gasteiger partial charge in [-0.05, 0) is 100 Å². The van der Waals surface area contributed by atoms with Crippen LogP contribution in [0.15, 0.2) is 93.8 Å². The number of benzene rings is 2. The molecule has 11 heteroatoms. The Kier molecular flexibility index (Phi) is 8.15. The summed E-state index contributed by atoms with van der Waals surface area (Å²) in [6.07, 6.45) is 6.80. The largest absolute Gasteiger partial charge is 0.490 e. The molecule has 0 aliphatic carbocycles. The molecule has 226 valence electrons. The number of rotatable bonds is 8. The van der Waals surface area contributed by atoms with Gasteiger partial charge in [0.25, 0.3) is 5.56 Å². The van der Waals surface area contributed by atoms with E-state index in [-0.39, 0.29) is 28.2 Å². The van der Waals surface area contributed by atoms with Gasteiger partial charge in [0.05, 0.1) is 5.56 Å². The van der Waals surface area contributed by atoms with Crippen LogP contribution in [0.3, 0.4) is 0 Å². The molecule has 4 heterocycles. The lowest BCUT2D eigenvalue weighted by Crippen LogP contribution is -2.34. The number of halogens is 1. The second-order valence-corrected chi connectivity index (χ2v) is 13.3. The quantitative estimate of drug-likeness (QED) is 0.219. The average Bonchev–Trinajstić information content (AvgIpc) is 3.02. The lowest BCUT2D eigenvalue weighted by Gasteiger charge is -2.23. The lowest BCUT2D eigenvalue weighted by molar-refractivity contribution is 0.162. The van der Waals surface area contributed by atoms with E-state index in [1.54, 1.807) is 30.5 Å². The Morgan fingerprint density at radius 3 is 2.43 bits per heavy atom. The third-order valence-electron chi connectivity index (χ3n) is 7.63. The monoisotopic (exact) mass is 612 g/mol. The molecule has 1 atom stereocenters. The van der Waals surface area contributed by atoms with E-state index in [1.165, 1.54) is 29.1 Å². The van der Waals surface area contributed by atoms with Gasteiger partial charge in [-0.2, -0.15) is 4.98 Å². The van der Waals surface area contributed by atoms with Gasteiger partial charge in [-0.1, -0.05) is 6.07 Å². The van der Waals surface area contributed by atoms with Crippen molar-refractivity contribution in [2.75, 3.05) is 18.4 Å². The Morgan fingerprint density at radius 1 is 1.02 bits per heavy atom. The van der Waals surface area contributed by atoms with Crippen molar-refractivity contribution < 1.29 is 13.3 Å². The number of anilines is 2. The summed E-state index contributed by atoms with van der Waals surface area (Å²) in [4.78, 5) is 27.5. The number of fused-ring (bicyclic) bond motifs is 1. The molecule has 1 unspecified atom stereocenters. The number of nitrogens with one attached hydrogen (secondary N) is 2. The fourth-order valence-corrected chi connectivity index (χ4v) is 6.73. The normalized spacial score (nSPS) is 15.3. The number of nitrogens with zero attached hydrogens (tertiary/aromatic N) is 4. The maximum Gasteiger partial charge on any atom is 0.260 e. The van der Waals surface area contributed by atoms with Crippen LogP contribution in [0.1, 0.15) is 32.7 Å². The van der Waals surface area contributed by atoms with E-state index in [9.17, 15) is 9.00 Å². The fourth-order valence-electron chi connectivity index (χ4n) is 5.32. The Morgan fingerprint density at radius 2 is 1.75 bits per heavy atom. The molecule has 1 aliphatic heterocycles. The zero-order valence-corrected chi connectivity index (χ0v) is 25.3. The molecule has 0 amide bonds. The zero-order valence-electron chi connectivity index (χ0n) is 24.5. The molecule has 0 saturated carbocycles. The van der Waals surface area contributed by atoms with Crippen LogP contribution < -0.4 is 20.9 Å². The highest BCUT2D eigenvalue weighted by molar-refractivity contribution is 8.00. The van der Waals surface area contributed by atoms with Crippen LogP contribution in [-0.4, -0.2) is 48.8 Å². The van der Waals surface area contributed by atoms with Crippen LogP contribution in [0.2, 0.25) is 0 Å². The second kappa shape index (κ2) is 12.2. The molecule has 0 spiro atoms.